The van der Waals surface area contributed by atoms with Crippen molar-refractivity contribution in [2.75, 3.05) is 5.32 Å². The van der Waals surface area contributed by atoms with Gasteiger partial charge in [-0.05, 0) is 32.0 Å². The van der Waals surface area contributed by atoms with Gasteiger partial charge in [0.15, 0.2) is 6.04 Å². The second-order valence-corrected chi connectivity index (χ2v) is 6.11. The molecule has 6 nitrogen and oxygen atoms in total. The predicted molar refractivity (Wildman–Crippen MR) is 92.9 cm³/mol. The van der Waals surface area contributed by atoms with Crippen LogP contribution in [0.2, 0.25) is 5.02 Å². The number of carbonyl (C=O) groups excluding carboxylic acids is 1. The first kappa shape index (κ1) is 18.8. The Bertz CT molecular complexity index is 800. The van der Waals surface area contributed by atoms with Crippen LogP contribution in [0.25, 0.3) is 0 Å². The molecule has 0 fully saturated rings. The highest BCUT2D eigenvalue weighted by Gasteiger charge is 2.23. The highest BCUT2D eigenvalue weighted by atomic mass is 35.5. The molecule has 132 valence electrons. The normalized spacial score (nSPS) is 13.1. The van der Waals surface area contributed by atoms with Crippen LogP contribution in [0, 0.1) is 15.9 Å². The number of anilines is 1. The van der Waals surface area contributed by atoms with Crippen molar-refractivity contribution in [2.24, 2.45) is 0 Å². The smallest absolute Gasteiger partial charge is 0.306 e. The van der Waals surface area contributed by atoms with Crippen LogP contribution in [-0.4, -0.2) is 16.9 Å². The molecule has 0 aliphatic carbocycles. The van der Waals surface area contributed by atoms with Gasteiger partial charge in [0.2, 0.25) is 5.82 Å². The average Bonchev–Trinajstić information content (AvgIpc) is 2.56. The lowest BCUT2D eigenvalue weighted by Crippen LogP contribution is -2.91. The topological polar surface area (TPSA) is 88.8 Å². The molecule has 2 atom stereocenters. The molecular formula is C17H18ClFN3O3+. The van der Waals surface area contributed by atoms with Crippen molar-refractivity contribution in [3.05, 3.63) is 69.0 Å². The summed E-state index contributed by atoms with van der Waals surface area (Å²) in [6, 6.07) is 10.1. The molecule has 0 heterocycles. The molecule has 25 heavy (non-hydrogen) atoms. The van der Waals surface area contributed by atoms with Crippen LogP contribution < -0.4 is 10.6 Å². The Hall–Kier alpha value is -2.51. The van der Waals surface area contributed by atoms with Crippen molar-refractivity contribution in [3.63, 3.8) is 0 Å². The van der Waals surface area contributed by atoms with Gasteiger partial charge in [-0.2, -0.15) is 4.39 Å². The van der Waals surface area contributed by atoms with Gasteiger partial charge >= 0.3 is 5.69 Å². The predicted octanol–water partition coefficient (Wildman–Crippen LogP) is 3.04. The summed E-state index contributed by atoms with van der Waals surface area (Å²) >= 11 is 6.15. The van der Waals surface area contributed by atoms with Crippen molar-refractivity contribution in [2.45, 2.75) is 25.9 Å². The zero-order valence-electron chi connectivity index (χ0n) is 13.7. The lowest BCUT2D eigenvalue weighted by molar-refractivity contribution is -0.709. The summed E-state index contributed by atoms with van der Waals surface area (Å²) in [6.07, 6.45) is 0. The fourth-order valence-corrected chi connectivity index (χ4v) is 2.76. The molecule has 8 heteroatoms. The van der Waals surface area contributed by atoms with E-state index >= 15 is 0 Å². The van der Waals surface area contributed by atoms with Gasteiger partial charge in [0, 0.05) is 22.3 Å². The number of nitrogens with one attached hydrogen (secondary N) is 1. The fourth-order valence-electron chi connectivity index (χ4n) is 2.45. The summed E-state index contributed by atoms with van der Waals surface area (Å²) in [5, 5.41) is 15.8. The van der Waals surface area contributed by atoms with Crippen molar-refractivity contribution < 1.29 is 19.4 Å². The summed E-state index contributed by atoms with van der Waals surface area (Å²) in [4.78, 5) is 22.2. The van der Waals surface area contributed by atoms with Crippen LogP contribution in [0.15, 0.2) is 42.5 Å². The van der Waals surface area contributed by atoms with E-state index in [0.717, 1.165) is 17.7 Å². The highest BCUT2D eigenvalue weighted by molar-refractivity contribution is 6.31. The summed E-state index contributed by atoms with van der Waals surface area (Å²) in [5.41, 5.74) is 0.392. The van der Waals surface area contributed by atoms with Crippen LogP contribution in [0.4, 0.5) is 15.8 Å². The van der Waals surface area contributed by atoms with Crippen LogP contribution in [0.5, 0.6) is 0 Å². The van der Waals surface area contributed by atoms with Crippen molar-refractivity contribution in [3.8, 4) is 0 Å². The molecule has 2 rings (SSSR count). The van der Waals surface area contributed by atoms with Gasteiger partial charge in [0.25, 0.3) is 5.91 Å². The van der Waals surface area contributed by atoms with Gasteiger partial charge in [0.1, 0.15) is 6.04 Å². The van der Waals surface area contributed by atoms with E-state index in [2.05, 4.69) is 5.32 Å². The summed E-state index contributed by atoms with van der Waals surface area (Å²) in [6.45, 7) is 3.63. The lowest BCUT2D eigenvalue weighted by atomic mass is 10.1. The van der Waals surface area contributed by atoms with Gasteiger partial charge in [0.05, 0.1) is 4.92 Å². The fraction of sp³-hybridized carbons (Fsp3) is 0.235. The average molecular weight is 367 g/mol. The number of halogens is 2. The van der Waals surface area contributed by atoms with E-state index in [1.165, 1.54) is 6.07 Å². The molecule has 2 aromatic rings. The number of nitrogens with zero attached hydrogens (tertiary/aromatic N) is 1. The van der Waals surface area contributed by atoms with Gasteiger partial charge in [-0.15, -0.1) is 0 Å². The van der Waals surface area contributed by atoms with Gasteiger partial charge in [-0.25, -0.2) is 0 Å². The van der Waals surface area contributed by atoms with Gasteiger partial charge in [-0.1, -0.05) is 29.8 Å². The zero-order chi connectivity index (χ0) is 18.6. The molecule has 0 aliphatic rings. The minimum atomic E-state index is -0.949. The molecule has 0 saturated heterocycles. The van der Waals surface area contributed by atoms with E-state index in [1.807, 2.05) is 30.4 Å². The molecule has 0 unspecified atom stereocenters. The highest BCUT2D eigenvalue weighted by Crippen LogP contribution is 2.22. The maximum absolute atomic E-state index is 13.3. The second kappa shape index (κ2) is 8.04. The number of nitro benzene ring substituents is 1. The van der Waals surface area contributed by atoms with Crippen LogP contribution in [0.1, 0.15) is 25.5 Å². The molecule has 2 aromatic carbocycles. The minimum Gasteiger partial charge on any atom is -0.330 e. The Morgan fingerprint density at radius 2 is 1.96 bits per heavy atom. The molecule has 0 saturated carbocycles. The van der Waals surface area contributed by atoms with Crippen LogP contribution >= 0.6 is 11.6 Å². The quantitative estimate of drug-likeness (QED) is 0.608. The Labute approximate surface area is 149 Å². The van der Waals surface area contributed by atoms with E-state index in [4.69, 9.17) is 11.6 Å². The zero-order valence-corrected chi connectivity index (χ0v) is 14.5. The van der Waals surface area contributed by atoms with E-state index in [1.54, 1.807) is 13.0 Å². The van der Waals surface area contributed by atoms with Crippen molar-refractivity contribution in [1.82, 2.24) is 0 Å². The maximum Gasteiger partial charge on any atom is 0.306 e. The molecule has 0 radical (unpaired) electrons. The third kappa shape index (κ3) is 4.74. The van der Waals surface area contributed by atoms with E-state index in [-0.39, 0.29) is 17.6 Å². The molecule has 3 N–H and O–H groups in total. The Morgan fingerprint density at radius 3 is 2.60 bits per heavy atom. The largest absolute Gasteiger partial charge is 0.330 e. The molecular weight excluding hydrogens is 349 g/mol. The molecule has 0 aliphatic heterocycles. The van der Waals surface area contributed by atoms with E-state index in [0.29, 0.717) is 5.02 Å². The number of quaternary nitrogens is 1. The number of carbonyl (C=O) groups is 1. The number of hydrogen-bond donors (Lipinski definition) is 2. The molecule has 0 bridgehead atoms. The SMILES string of the molecule is C[C@@H]([NH2+][C@H](C)c1ccccc1Cl)C(=O)Nc1ccc(F)c([N+](=O)[O-])c1. The summed E-state index contributed by atoms with van der Waals surface area (Å²) in [7, 11) is 0. The van der Waals surface area contributed by atoms with Crippen molar-refractivity contribution >= 4 is 28.9 Å². The standard InChI is InChI=1S/C17H17ClFN3O3/c1-10(13-5-3-4-6-14(13)18)20-11(2)17(23)21-12-7-8-15(19)16(9-12)22(24)25/h3-11,20H,1-2H3,(H,21,23)/p+1/t10-,11-/m1/s1. The Kier molecular flexibility index (Phi) is 6.06. The van der Waals surface area contributed by atoms with Crippen LogP contribution in [0.3, 0.4) is 0 Å². The van der Waals surface area contributed by atoms with E-state index < -0.39 is 22.5 Å². The van der Waals surface area contributed by atoms with Crippen LogP contribution in [-0.2, 0) is 4.79 Å². The number of nitrogens with two attached hydrogens (primary N) is 1. The van der Waals surface area contributed by atoms with Crippen molar-refractivity contribution in [1.29, 1.82) is 0 Å². The first-order valence-corrected chi connectivity index (χ1v) is 8.01. The number of nitro groups is 1. The summed E-state index contributed by atoms with van der Waals surface area (Å²) in [5.74, 6) is -1.30. The van der Waals surface area contributed by atoms with Gasteiger partial charge < -0.3 is 10.6 Å². The molecule has 1 amide bonds. The first-order chi connectivity index (χ1) is 11.8. The number of hydrogen-bond acceptors (Lipinski definition) is 3. The first-order valence-electron chi connectivity index (χ1n) is 7.63. The molecule has 0 aromatic heterocycles. The number of benzene rings is 2. The summed E-state index contributed by atoms with van der Waals surface area (Å²) < 4.78 is 13.3. The minimum absolute atomic E-state index is 0.0583. The third-order valence-corrected chi connectivity index (χ3v) is 4.14. The second-order valence-electron chi connectivity index (χ2n) is 5.70. The number of rotatable bonds is 6. The Balaban J connectivity index is 2.04. The molecule has 0 spiro atoms. The Morgan fingerprint density at radius 1 is 1.28 bits per heavy atom. The number of amides is 1. The third-order valence-electron chi connectivity index (χ3n) is 3.80. The monoisotopic (exact) mass is 366 g/mol. The van der Waals surface area contributed by atoms with E-state index in [9.17, 15) is 19.3 Å². The van der Waals surface area contributed by atoms with Gasteiger partial charge in [-0.3, -0.25) is 14.9 Å². The lowest BCUT2D eigenvalue weighted by Gasteiger charge is -2.17. The maximum atomic E-state index is 13.3.